The first-order valence-corrected chi connectivity index (χ1v) is 9.85. The predicted octanol–water partition coefficient (Wildman–Crippen LogP) is 2.90. The van der Waals surface area contributed by atoms with Gasteiger partial charge in [0.2, 0.25) is 0 Å². The van der Waals surface area contributed by atoms with Crippen LogP contribution < -0.4 is 10.6 Å². The van der Waals surface area contributed by atoms with Crippen molar-refractivity contribution in [2.75, 3.05) is 12.0 Å². The van der Waals surface area contributed by atoms with Gasteiger partial charge < -0.3 is 10.6 Å². The first-order valence-electron chi connectivity index (χ1n) is 7.79. The number of carbonyl (C=O) groups excluding carboxylic acids is 1. The number of amides is 2. The number of hydrogen-bond acceptors (Lipinski definition) is 3. The Morgan fingerprint density at radius 1 is 1.13 bits per heavy atom. The van der Waals surface area contributed by atoms with Crippen LogP contribution in [0, 0.1) is 5.41 Å². The van der Waals surface area contributed by atoms with E-state index in [1.165, 1.54) is 6.26 Å². The van der Waals surface area contributed by atoms with Crippen molar-refractivity contribution < 1.29 is 13.2 Å². The number of hydrogen-bond donors (Lipinski definition) is 2. The van der Waals surface area contributed by atoms with E-state index < -0.39 is 9.84 Å². The zero-order valence-corrected chi connectivity index (χ0v) is 15.4. The van der Waals surface area contributed by atoms with Crippen LogP contribution in [-0.4, -0.2) is 32.5 Å². The molecule has 0 aliphatic heterocycles. The Bertz CT molecular complexity index is 606. The fourth-order valence-electron chi connectivity index (χ4n) is 2.30. The van der Waals surface area contributed by atoms with E-state index in [4.69, 9.17) is 0 Å². The second kappa shape index (κ2) is 7.81. The molecule has 0 saturated heterocycles. The van der Waals surface area contributed by atoms with Crippen molar-refractivity contribution in [3.63, 3.8) is 0 Å². The van der Waals surface area contributed by atoms with Crippen LogP contribution in [0.4, 0.5) is 4.79 Å². The SMILES string of the molecule is C[C@H](CCS(C)(=O)=O)NC(=O)N[C@@H](c1ccccc1)C(C)(C)C. The second-order valence-electron chi connectivity index (χ2n) is 7.15. The molecule has 2 atom stereocenters. The molecule has 2 N–H and O–H groups in total. The molecule has 130 valence electrons. The highest BCUT2D eigenvalue weighted by Gasteiger charge is 2.28. The molecule has 0 fully saturated rings. The van der Waals surface area contributed by atoms with Crippen LogP contribution in [0.1, 0.15) is 45.7 Å². The van der Waals surface area contributed by atoms with Crippen LogP contribution in [0.3, 0.4) is 0 Å². The van der Waals surface area contributed by atoms with Gasteiger partial charge in [-0.05, 0) is 24.3 Å². The number of urea groups is 1. The van der Waals surface area contributed by atoms with Crippen molar-refractivity contribution in [1.29, 1.82) is 0 Å². The van der Waals surface area contributed by atoms with E-state index in [2.05, 4.69) is 31.4 Å². The zero-order valence-electron chi connectivity index (χ0n) is 14.6. The maximum atomic E-state index is 12.2. The Morgan fingerprint density at radius 3 is 2.17 bits per heavy atom. The normalized spacial score (nSPS) is 14.8. The third kappa shape index (κ3) is 7.50. The van der Waals surface area contributed by atoms with E-state index in [9.17, 15) is 13.2 Å². The predicted molar refractivity (Wildman–Crippen MR) is 94.1 cm³/mol. The lowest BCUT2D eigenvalue weighted by atomic mass is 9.82. The lowest BCUT2D eigenvalue weighted by Crippen LogP contribution is -2.45. The van der Waals surface area contributed by atoms with Gasteiger partial charge in [-0.1, -0.05) is 51.1 Å². The van der Waals surface area contributed by atoms with Crippen molar-refractivity contribution in [1.82, 2.24) is 10.6 Å². The van der Waals surface area contributed by atoms with Gasteiger partial charge in [0.05, 0.1) is 11.8 Å². The topological polar surface area (TPSA) is 75.3 Å². The summed E-state index contributed by atoms with van der Waals surface area (Å²) in [5, 5.41) is 5.81. The van der Waals surface area contributed by atoms with Gasteiger partial charge in [0.25, 0.3) is 0 Å². The highest BCUT2D eigenvalue weighted by molar-refractivity contribution is 7.90. The Morgan fingerprint density at radius 2 is 1.70 bits per heavy atom. The summed E-state index contributed by atoms with van der Waals surface area (Å²) >= 11 is 0. The lowest BCUT2D eigenvalue weighted by Gasteiger charge is -2.32. The summed E-state index contributed by atoms with van der Waals surface area (Å²) in [6.07, 6.45) is 1.60. The molecule has 0 unspecified atom stereocenters. The van der Waals surface area contributed by atoms with Crippen LogP contribution in [0.5, 0.6) is 0 Å². The summed E-state index contributed by atoms with van der Waals surface area (Å²) in [5.74, 6) is 0.0653. The molecule has 0 aliphatic carbocycles. The minimum Gasteiger partial charge on any atom is -0.336 e. The average Bonchev–Trinajstić information content (AvgIpc) is 2.41. The summed E-state index contributed by atoms with van der Waals surface area (Å²) in [6.45, 7) is 8.01. The molecule has 23 heavy (non-hydrogen) atoms. The van der Waals surface area contributed by atoms with Crippen molar-refractivity contribution in [2.45, 2.75) is 46.2 Å². The molecule has 0 saturated carbocycles. The van der Waals surface area contributed by atoms with Crippen LogP contribution in [-0.2, 0) is 9.84 Å². The molecular weight excluding hydrogens is 312 g/mol. The number of rotatable bonds is 6. The fourth-order valence-corrected chi connectivity index (χ4v) is 3.09. The van der Waals surface area contributed by atoms with Gasteiger partial charge in [-0.15, -0.1) is 0 Å². The molecule has 6 heteroatoms. The summed E-state index contributed by atoms with van der Waals surface area (Å²) in [7, 11) is -3.02. The third-order valence-corrected chi connectivity index (χ3v) is 4.55. The molecule has 5 nitrogen and oxygen atoms in total. The van der Waals surface area contributed by atoms with Crippen molar-refractivity contribution >= 4 is 15.9 Å². The number of benzene rings is 1. The number of sulfone groups is 1. The molecule has 2 amide bonds. The summed E-state index contributed by atoms with van der Waals surface area (Å²) in [6, 6.07) is 9.19. The number of nitrogens with one attached hydrogen (secondary N) is 2. The van der Waals surface area contributed by atoms with Gasteiger partial charge in [-0.25, -0.2) is 13.2 Å². The quantitative estimate of drug-likeness (QED) is 0.836. The van der Waals surface area contributed by atoms with Gasteiger partial charge in [0.15, 0.2) is 0 Å². The molecule has 0 radical (unpaired) electrons. The van der Waals surface area contributed by atoms with Crippen LogP contribution in [0.25, 0.3) is 0 Å². The molecule has 0 spiro atoms. The fraction of sp³-hybridized carbons (Fsp3) is 0.588. The van der Waals surface area contributed by atoms with Gasteiger partial charge in [0, 0.05) is 12.3 Å². The maximum Gasteiger partial charge on any atom is 0.315 e. The standard InChI is InChI=1S/C17H28N2O3S/c1-13(11-12-23(5,21)22)18-16(20)19-15(17(2,3)4)14-9-7-6-8-10-14/h6-10,13,15H,11-12H2,1-5H3,(H2,18,19,20)/t13-,15+/m1/s1. The van der Waals surface area contributed by atoms with Crippen molar-refractivity contribution in [2.24, 2.45) is 5.41 Å². The Hall–Kier alpha value is -1.56. The van der Waals surface area contributed by atoms with Gasteiger partial charge in [0.1, 0.15) is 9.84 Å². The molecular formula is C17H28N2O3S. The molecule has 1 rings (SSSR count). The van der Waals surface area contributed by atoms with E-state index in [1.54, 1.807) is 6.92 Å². The molecule has 0 aromatic heterocycles. The van der Waals surface area contributed by atoms with Crippen molar-refractivity contribution in [3.8, 4) is 0 Å². The second-order valence-corrected chi connectivity index (χ2v) is 9.41. The summed E-state index contributed by atoms with van der Waals surface area (Å²) in [4.78, 5) is 12.2. The molecule has 0 aliphatic rings. The van der Waals surface area contributed by atoms with Gasteiger partial charge >= 0.3 is 6.03 Å². The van der Waals surface area contributed by atoms with E-state index in [-0.39, 0.29) is 29.3 Å². The van der Waals surface area contributed by atoms with E-state index in [0.29, 0.717) is 6.42 Å². The smallest absolute Gasteiger partial charge is 0.315 e. The largest absolute Gasteiger partial charge is 0.336 e. The molecule has 1 aromatic carbocycles. The van der Waals surface area contributed by atoms with Crippen molar-refractivity contribution in [3.05, 3.63) is 35.9 Å². The number of carbonyl (C=O) groups is 1. The maximum absolute atomic E-state index is 12.2. The zero-order chi connectivity index (χ0) is 17.7. The minimum absolute atomic E-state index is 0.0653. The van der Waals surface area contributed by atoms with Gasteiger partial charge in [-0.2, -0.15) is 0 Å². The van der Waals surface area contributed by atoms with Crippen LogP contribution >= 0.6 is 0 Å². The van der Waals surface area contributed by atoms with Gasteiger partial charge in [-0.3, -0.25) is 0 Å². The van der Waals surface area contributed by atoms with E-state index >= 15 is 0 Å². The Kier molecular flexibility index (Phi) is 6.62. The molecule has 0 bridgehead atoms. The van der Waals surface area contributed by atoms with Crippen LogP contribution in [0.15, 0.2) is 30.3 Å². The third-order valence-electron chi connectivity index (χ3n) is 3.57. The average molecular weight is 340 g/mol. The first-order chi connectivity index (χ1) is 10.5. The Balaban J connectivity index is 2.68. The molecule has 0 heterocycles. The van der Waals surface area contributed by atoms with E-state index in [0.717, 1.165) is 5.56 Å². The first kappa shape index (κ1) is 19.5. The van der Waals surface area contributed by atoms with Crippen LogP contribution in [0.2, 0.25) is 0 Å². The lowest BCUT2D eigenvalue weighted by molar-refractivity contribution is 0.215. The monoisotopic (exact) mass is 340 g/mol. The highest BCUT2D eigenvalue weighted by atomic mass is 32.2. The molecule has 1 aromatic rings. The summed E-state index contributed by atoms with van der Waals surface area (Å²) < 4.78 is 22.4. The summed E-state index contributed by atoms with van der Waals surface area (Å²) in [5.41, 5.74) is 0.897. The highest BCUT2D eigenvalue weighted by Crippen LogP contribution is 2.32. The van der Waals surface area contributed by atoms with E-state index in [1.807, 2.05) is 30.3 Å². The minimum atomic E-state index is -3.02. The Labute approximate surface area is 139 Å².